The summed E-state index contributed by atoms with van der Waals surface area (Å²) in [5.74, 6) is 0. The molecule has 5 nitrogen and oxygen atoms in total. The number of nitrogens with zero attached hydrogens (tertiary/aromatic N) is 1. The Labute approximate surface area is 155 Å². The lowest BCUT2D eigenvalue weighted by molar-refractivity contribution is -0.00803. The maximum absolute atomic E-state index is 12.6. The minimum Gasteiger partial charge on any atom is -0.379 e. The smallest absolute Gasteiger partial charge is 0.243 e. The molecule has 23 heavy (non-hydrogen) atoms. The third-order valence-electron chi connectivity index (χ3n) is 3.79. The highest BCUT2D eigenvalue weighted by molar-refractivity contribution is 9.10. The van der Waals surface area contributed by atoms with Crippen LogP contribution in [0.25, 0.3) is 0 Å². The second-order valence-corrected chi connectivity index (χ2v) is 9.37. The number of morpholine rings is 1. The molecule has 0 unspecified atom stereocenters. The highest BCUT2D eigenvalue weighted by Crippen LogP contribution is 2.32. The number of sulfonamides is 1. The van der Waals surface area contributed by atoms with Crippen LogP contribution in [-0.2, 0) is 14.8 Å². The number of rotatable bonds is 5. The van der Waals surface area contributed by atoms with E-state index in [2.05, 4.69) is 25.6 Å². The zero-order chi connectivity index (χ0) is 17.3. The van der Waals surface area contributed by atoms with Crippen LogP contribution in [0.15, 0.2) is 21.5 Å². The zero-order valence-electron chi connectivity index (χ0n) is 12.9. The first-order chi connectivity index (χ1) is 10.6. The Hall–Kier alpha value is 0.110. The maximum Gasteiger partial charge on any atom is 0.243 e. The van der Waals surface area contributed by atoms with E-state index in [-0.39, 0.29) is 27.0 Å². The van der Waals surface area contributed by atoms with Gasteiger partial charge >= 0.3 is 0 Å². The van der Waals surface area contributed by atoms with E-state index in [1.54, 1.807) is 0 Å². The molecule has 1 saturated heterocycles. The van der Waals surface area contributed by atoms with Crippen LogP contribution in [0.1, 0.15) is 13.8 Å². The van der Waals surface area contributed by atoms with Crippen molar-refractivity contribution in [3.8, 4) is 0 Å². The number of nitrogens with one attached hydrogen (secondary N) is 1. The molecule has 1 aromatic rings. The average Bonchev–Trinajstić information content (AvgIpc) is 2.45. The molecule has 130 valence electrons. The lowest BCUT2D eigenvalue weighted by Crippen LogP contribution is -2.55. The van der Waals surface area contributed by atoms with E-state index in [0.717, 1.165) is 13.1 Å². The maximum atomic E-state index is 12.6. The van der Waals surface area contributed by atoms with Crippen molar-refractivity contribution in [2.24, 2.45) is 0 Å². The van der Waals surface area contributed by atoms with Gasteiger partial charge in [-0.05, 0) is 26.0 Å². The van der Waals surface area contributed by atoms with Crippen LogP contribution in [0.3, 0.4) is 0 Å². The molecule has 1 aliphatic heterocycles. The number of hydrogen-bond acceptors (Lipinski definition) is 4. The number of halogens is 3. The van der Waals surface area contributed by atoms with Gasteiger partial charge in [-0.3, -0.25) is 4.90 Å². The van der Waals surface area contributed by atoms with Crippen LogP contribution in [0, 0.1) is 0 Å². The minimum absolute atomic E-state index is 0.0843. The molecule has 2 rings (SSSR count). The highest BCUT2D eigenvalue weighted by Gasteiger charge is 2.31. The van der Waals surface area contributed by atoms with Gasteiger partial charge in [-0.1, -0.05) is 39.1 Å². The van der Waals surface area contributed by atoms with Crippen molar-refractivity contribution in [1.29, 1.82) is 0 Å². The van der Waals surface area contributed by atoms with Crippen molar-refractivity contribution >= 4 is 49.2 Å². The lowest BCUT2D eigenvalue weighted by atomic mass is 10.0. The summed E-state index contributed by atoms with van der Waals surface area (Å²) in [4.78, 5) is 2.10. The summed E-state index contributed by atoms with van der Waals surface area (Å²) in [6.45, 7) is 7.08. The third kappa shape index (κ3) is 4.81. The van der Waals surface area contributed by atoms with Crippen LogP contribution in [0.4, 0.5) is 0 Å². The SMILES string of the molecule is CC(C)(CNS(=O)(=O)c1c(Cl)cc(Br)cc1Cl)N1CCOCC1. The van der Waals surface area contributed by atoms with Crippen molar-refractivity contribution in [3.63, 3.8) is 0 Å². The standard InChI is InChI=1S/C14H19BrCl2N2O3S/c1-14(2,19-3-5-22-6-4-19)9-18-23(20,21)13-11(16)7-10(15)8-12(13)17/h7-8,18H,3-6,9H2,1-2H3. The third-order valence-corrected chi connectivity index (χ3v) is 6.57. The quantitative estimate of drug-likeness (QED) is 0.756. The van der Waals surface area contributed by atoms with Gasteiger partial charge in [0.05, 0.1) is 23.3 Å². The van der Waals surface area contributed by atoms with E-state index in [9.17, 15) is 8.42 Å². The molecule has 1 aromatic carbocycles. The summed E-state index contributed by atoms with van der Waals surface area (Å²) in [7, 11) is -3.80. The Morgan fingerprint density at radius 2 is 1.78 bits per heavy atom. The summed E-state index contributed by atoms with van der Waals surface area (Å²) in [5.41, 5.74) is -0.342. The Kier molecular flexibility index (Phi) is 6.39. The Bertz CT molecular complexity index is 654. The molecule has 0 spiro atoms. The van der Waals surface area contributed by atoms with Crippen molar-refractivity contribution in [1.82, 2.24) is 9.62 Å². The molecule has 1 fully saturated rings. The van der Waals surface area contributed by atoms with Crippen LogP contribution < -0.4 is 4.72 Å². The molecular weight excluding hydrogens is 427 g/mol. The van der Waals surface area contributed by atoms with Crippen molar-refractivity contribution in [2.45, 2.75) is 24.3 Å². The van der Waals surface area contributed by atoms with Gasteiger partial charge < -0.3 is 4.74 Å². The van der Waals surface area contributed by atoms with Crippen LogP contribution in [0.5, 0.6) is 0 Å². The largest absolute Gasteiger partial charge is 0.379 e. The van der Waals surface area contributed by atoms with Crippen LogP contribution in [0.2, 0.25) is 10.0 Å². The molecule has 0 radical (unpaired) electrons. The Balaban J connectivity index is 2.15. The first-order valence-corrected chi connectivity index (χ1v) is 10.1. The van der Waals surface area contributed by atoms with Gasteiger partial charge in [0.1, 0.15) is 4.90 Å². The number of benzene rings is 1. The molecule has 1 N–H and O–H groups in total. The fourth-order valence-electron chi connectivity index (χ4n) is 2.41. The summed E-state index contributed by atoms with van der Waals surface area (Å²) >= 11 is 15.3. The average molecular weight is 446 g/mol. The molecular formula is C14H19BrCl2N2O3S. The Morgan fingerprint density at radius 1 is 1.26 bits per heavy atom. The van der Waals surface area contributed by atoms with E-state index in [0.29, 0.717) is 17.7 Å². The second-order valence-electron chi connectivity index (χ2n) is 5.93. The van der Waals surface area contributed by atoms with E-state index in [4.69, 9.17) is 27.9 Å². The summed E-state index contributed by atoms with van der Waals surface area (Å²) in [5, 5.41) is 0.169. The zero-order valence-corrected chi connectivity index (χ0v) is 16.8. The van der Waals surface area contributed by atoms with Crippen LogP contribution >= 0.6 is 39.1 Å². The molecule has 0 atom stereocenters. The van der Waals surface area contributed by atoms with Gasteiger partial charge in [0, 0.05) is 29.6 Å². The molecule has 0 aliphatic carbocycles. The highest BCUT2D eigenvalue weighted by atomic mass is 79.9. The molecule has 1 heterocycles. The van der Waals surface area contributed by atoms with Crippen LogP contribution in [-0.4, -0.2) is 51.7 Å². The lowest BCUT2D eigenvalue weighted by Gasteiger charge is -2.40. The second kappa shape index (κ2) is 7.56. The molecule has 0 aromatic heterocycles. The van der Waals surface area contributed by atoms with Gasteiger partial charge in [-0.15, -0.1) is 0 Å². The van der Waals surface area contributed by atoms with Gasteiger partial charge in [-0.2, -0.15) is 0 Å². The fourth-order valence-corrected chi connectivity index (χ4v) is 5.55. The normalized spacial score (nSPS) is 17.4. The predicted octanol–water partition coefficient (Wildman–Crippen LogP) is 3.15. The monoisotopic (exact) mass is 444 g/mol. The topological polar surface area (TPSA) is 58.6 Å². The van der Waals surface area contributed by atoms with E-state index < -0.39 is 10.0 Å². The molecule has 0 saturated carbocycles. The van der Waals surface area contributed by atoms with Gasteiger partial charge in [0.2, 0.25) is 10.0 Å². The van der Waals surface area contributed by atoms with Gasteiger partial charge in [-0.25, -0.2) is 13.1 Å². The summed E-state index contributed by atoms with van der Waals surface area (Å²) in [6, 6.07) is 3.02. The molecule has 0 amide bonds. The minimum atomic E-state index is -3.80. The first kappa shape index (κ1) is 19.4. The van der Waals surface area contributed by atoms with E-state index in [1.165, 1.54) is 12.1 Å². The molecule has 0 bridgehead atoms. The fraction of sp³-hybridized carbons (Fsp3) is 0.571. The van der Waals surface area contributed by atoms with Gasteiger partial charge in [0.25, 0.3) is 0 Å². The summed E-state index contributed by atoms with van der Waals surface area (Å²) < 4.78 is 33.7. The number of hydrogen-bond donors (Lipinski definition) is 1. The molecule has 9 heteroatoms. The van der Waals surface area contributed by atoms with Crippen molar-refractivity contribution < 1.29 is 13.2 Å². The van der Waals surface area contributed by atoms with Gasteiger partial charge in [0.15, 0.2) is 0 Å². The Morgan fingerprint density at radius 3 is 2.30 bits per heavy atom. The predicted molar refractivity (Wildman–Crippen MR) is 95.8 cm³/mol. The summed E-state index contributed by atoms with van der Waals surface area (Å²) in [6.07, 6.45) is 0. The number of ether oxygens (including phenoxy) is 1. The van der Waals surface area contributed by atoms with Crippen molar-refractivity contribution in [3.05, 3.63) is 26.7 Å². The van der Waals surface area contributed by atoms with E-state index in [1.807, 2.05) is 13.8 Å². The molecule has 1 aliphatic rings. The van der Waals surface area contributed by atoms with E-state index >= 15 is 0 Å². The van der Waals surface area contributed by atoms with Crippen molar-refractivity contribution in [2.75, 3.05) is 32.8 Å². The first-order valence-electron chi connectivity index (χ1n) is 7.10.